The molecule has 3 fully saturated rings. The molecule has 2 aliphatic heterocycles. The lowest BCUT2D eigenvalue weighted by Crippen LogP contribution is -2.52. The fourth-order valence-electron chi connectivity index (χ4n) is 10.3. The third kappa shape index (κ3) is 6.85. The van der Waals surface area contributed by atoms with Crippen molar-refractivity contribution in [1.82, 2.24) is 21.3 Å². The molecular weight excluding hydrogens is 668 g/mol. The zero-order valence-electron chi connectivity index (χ0n) is 31.7. The van der Waals surface area contributed by atoms with Crippen LogP contribution in [0.4, 0.5) is 0 Å². The Morgan fingerprint density at radius 3 is 2.58 bits per heavy atom. The van der Waals surface area contributed by atoms with Crippen LogP contribution in [0.2, 0.25) is 0 Å². The number of aliphatic hydroxyl groups is 1. The van der Waals surface area contributed by atoms with Gasteiger partial charge in [0.1, 0.15) is 5.82 Å². The largest absolute Gasteiger partial charge is 0.463 e. The molecule has 53 heavy (non-hydrogen) atoms. The standard InChI is InChI=1S/C43H58N4O6/c1-4-45-36-21-30-13-7-6-12-29(30)20-31(36)26-52-40(51)43-39(50)35-15-9-8-14-34(35)38(49)42(43,53-43)24-32(25-48)28(2)23-41(17-10-5-11-18-41)33-16-19-46-37(22-33)47-27-44-3/h7-9,13-16,22,29-31,36,44-48H,4-6,10-12,17-21,23-27H2,1-3H3/b32-28-/t29-,30+,31-,36-,42-,43-/m0/s1. The molecule has 0 amide bonds. The summed E-state index contributed by atoms with van der Waals surface area (Å²) in [6, 6.07) is 6.84. The minimum atomic E-state index is -2.08. The fourth-order valence-corrected chi connectivity index (χ4v) is 10.3. The number of dihydropyridines is 1. The van der Waals surface area contributed by atoms with Crippen molar-refractivity contribution in [3.05, 3.63) is 82.2 Å². The molecule has 5 N–H and O–H groups in total. The summed E-state index contributed by atoms with van der Waals surface area (Å²) in [5.74, 6) is 0.393. The summed E-state index contributed by atoms with van der Waals surface area (Å²) in [6.45, 7) is 6.13. The Hall–Kier alpha value is -3.57. The van der Waals surface area contributed by atoms with Gasteiger partial charge in [-0.15, -0.1) is 0 Å². The summed E-state index contributed by atoms with van der Waals surface area (Å²) in [5, 5.41) is 24.5. The van der Waals surface area contributed by atoms with Crippen molar-refractivity contribution in [3.8, 4) is 0 Å². The highest BCUT2D eigenvalue weighted by Gasteiger charge is 2.85. The number of fused-ring (bicyclic) bond motifs is 3. The number of hydrogen-bond donors (Lipinski definition) is 5. The van der Waals surface area contributed by atoms with Gasteiger partial charge in [-0.3, -0.25) is 9.59 Å². The third-order valence-electron chi connectivity index (χ3n) is 13.2. The molecule has 1 saturated heterocycles. The normalized spacial score (nSPS) is 31.8. The number of esters is 1. The van der Waals surface area contributed by atoms with Crippen LogP contribution in [0.3, 0.4) is 0 Å². The average molecular weight is 727 g/mol. The second kappa shape index (κ2) is 15.7. The van der Waals surface area contributed by atoms with E-state index in [0.29, 0.717) is 30.5 Å². The predicted molar refractivity (Wildman–Crippen MR) is 204 cm³/mol. The smallest absolute Gasteiger partial charge is 0.350 e. The Morgan fingerprint density at radius 1 is 1.08 bits per heavy atom. The van der Waals surface area contributed by atoms with Gasteiger partial charge in [-0.05, 0) is 99.9 Å². The van der Waals surface area contributed by atoms with Crippen LogP contribution in [0.15, 0.2) is 71.1 Å². The highest BCUT2D eigenvalue weighted by atomic mass is 16.7. The van der Waals surface area contributed by atoms with Crippen molar-refractivity contribution >= 4 is 17.5 Å². The summed E-state index contributed by atoms with van der Waals surface area (Å²) in [7, 11) is 1.90. The predicted octanol–water partition coefficient (Wildman–Crippen LogP) is 5.26. The number of hydrogen-bond acceptors (Lipinski definition) is 10. The molecule has 0 bridgehead atoms. The van der Waals surface area contributed by atoms with E-state index < -0.39 is 28.7 Å². The molecule has 286 valence electrons. The number of carbonyl (C=O) groups excluding carboxylic acids is 3. The highest BCUT2D eigenvalue weighted by molar-refractivity contribution is 6.32. The molecule has 6 atom stereocenters. The van der Waals surface area contributed by atoms with Crippen molar-refractivity contribution in [2.45, 2.75) is 102 Å². The van der Waals surface area contributed by atoms with Crippen LogP contribution in [0.5, 0.6) is 0 Å². The van der Waals surface area contributed by atoms with Gasteiger partial charge in [0.2, 0.25) is 5.78 Å². The molecule has 0 spiro atoms. The third-order valence-corrected chi connectivity index (χ3v) is 13.2. The van der Waals surface area contributed by atoms with E-state index in [1.165, 1.54) is 12.0 Å². The average Bonchev–Trinajstić information content (AvgIpc) is 3.89. The van der Waals surface area contributed by atoms with Crippen LogP contribution in [0.1, 0.15) is 105 Å². The van der Waals surface area contributed by atoms with E-state index >= 15 is 0 Å². The zero-order valence-corrected chi connectivity index (χ0v) is 31.7. The Labute approximate surface area is 314 Å². The van der Waals surface area contributed by atoms with Gasteiger partial charge in [0.25, 0.3) is 5.60 Å². The second-order valence-corrected chi connectivity index (χ2v) is 16.3. The number of ether oxygens (including phenoxy) is 2. The summed E-state index contributed by atoms with van der Waals surface area (Å²) < 4.78 is 12.4. The maximum Gasteiger partial charge on any atom is 0.350 e. The minimum absolute atomic E-state index is 0.0512. The van der Waals surface area contributed by atoms with Crippen LogP contribution in [-0.2, 0) is 14.3 Å². The van der Waals surface area contributed by atoms with E-state index in [2.05, 4.69) is 52.5 Å². The quantitative estimate of drug-likeness (QED) is 0.0567. The lowest BCUT2D eigenvalue weighted by atomic mass is 9.64. The van der Waals surface area contributed by atoms with Crippen molar-refractivity contribution in [1.29, 1.82) is 0 Å². The highest BCUT2D eigenvalue weighted by Crippen LogP contribution is 2.60. The first-order valence-corrected chi connectivity index (χ1v) is 20.0. The lowest BCUT2D eigenvalue weighted by Gasteiger charge is -2.42. The molecule has 2 saturated carbocycles. The van der Waals surface area contributed by atoms with Crippen molar-refractivity contribution in [2.75, 3.05) is 40.0 Å². The number of aliphatic hydroxyl groups excluding tert-OH is 1. The molecule has 2 heterocycles. The van der Waals surface area contributed by atoms with Gasteiger partial charge in [-0.25, -0.2) is 4.79 Å². The molecule has 0 unspecified atom stereocenters. The Balaban J connectivity index is 1.17. The number of rotatable bonds is 14. The summed E-state index contributed by atoms with van der Waals surface area (Å²) in [6.07, 6.45) is 19.3. The van der Waals surface area contributed by atoms with Gasteiger partial charge in [0.15, 0.2) is 11.4 Å². The Morgan fingerprint density at radius 2 is 1.85 bits per heavy atom. The van der Waals surface area contributed by atoms with E-state index in [1.807, 2.05) is 14.0 Å². The molecule has 1 aromatic carbocycles. The maximum absolute atomic E-state index is 14.5. The molecular formula is C43H58N4O6. The van der Waals surface area contributed by atoms with Gasteiger partial charge < -0.3 is 35.8 Å². The van der Waals surface area contributed by atoms with Gasteiger partial charge in [-0.1, -0.05) is 74.3 Å². The fraction of sp³-hybridized carbons (Fsp3) is 0.605. The van der Waals surface area contributed by atoms with E-state index in [0.717, 1.165) is 75.9 Å². The first-order chi connectivity index (χ1) is 25.7. The van der Waals surface area contributed by atoms with E-state index in [1.54, 1.807) is 24.3 Å². The number of carbonyl (C=O) groups is 3. The van der Waals surface area contributed by atoms with Crippen LogP contribution < -0.4 is 21.3 Å². The minimum Gasteiger partial charge on any atom is -0.463 e. The number of benzene rings is 1. The molecule has 0 radical (unpaired) electrons. The molecule has 7 rings (SSSR count). The topological polar surface area (TPSA) is 141 Å². The van der Waals surface area contributed by atoms with Gasteiger partial charge >= 0.3 is 5.97 Å². The summed E-state index contributed by atoms with van der Waals surface area (Å²) in [5.41, 5.74) is -0.671. The number of nitrogens with one attached hydrogen (secondary N) is 4. The number of ketones is 2. The number of allylic oxidation sites excluding steroid dienone is 5. The van der Waals surface area contributed by atoms with Crippen molar-refractivity contribution in [3.63, 3.8) is 0 Å². The monoisotopic (exact) mass is 726 g/mol. The van der Waals surface area contributed by atoms with E-state index in [4.69, 9.17) is 9.47 Å². The van der Waals surface area contributed by atoms with E-state index in [9.17, 15) is 19.5 Å². The second-order valence-electron chi connectivity index (χ2n) is 16.3. The Kier molecular flexibility index (Phi) is 11.1. The van der Waals surface area contributed by atoms with Gasteiger partial charge in [0.05, 0.1) is 19.9 Å². The van der Waals surface area contributed by atoms with Crippen LogP contribution in [-0.4, -0.2) is 79.9 Å². The first-order valence-electron chi connectivity index (χ1n) is 20.0. The van der Waals surface area contributed by atoms with Crippen molar-refractivity contribution < 1.29 is 29.0 Å². The number of Topliss-reactive ketones (excluding diaryl/α,β-unsaturated/α-hetero) is 2. The van der Waals surface area contributed by atoms with Crippen LogP contribution in [0, 0.1) is 23.2 Å². The number of epoxide rings is 1. The lowest BCUT2D eigenvalue weighted by molar-refractivity contribution is -0.150. The zero-order chi connectivity index (χ0) is 37.2. The Bertz CT molecular complexity index is 1710. The van der Waals surface area contributed by atoms with Crippen LogP contribution in [0.25, 0.3) is 0 Å². The van der Waals surface area contributed by atoms with E-state index in [-0.39, 0.29) is 48.1 Å². The molecule has 10 heteroatoms. The van der Waals surface area contributed by atoms with Crippen molar-refractivity contribution in [2.24, 2.45) is 23.2 Å². The van der Waals surface area contributed by atoms with Gasteiger partial charge in [-0.2, -0.15) is 0 Å². The molecule has 1 aromatic rings. The SMILES string of the molecule is CCN[C@H]1C[C@H]2C=CCC[C@H]2C[C@H]1COC(=O)[C@]12O[C@@]1(C/C(CO)=C(\C)CC1(C3=CCNC(NCNC)=C3)CCCCC1)C(=O)c1ccccc1C2=O. The van der Waals surface area contributed by atoms with Gasteiger partial charge in [0, 0.05) is 36.1 Å². The molecule has 6 aliphatic rings. The maximum atomic E-state index is 14.5. The molecule has 4 aliphatic carbocycles. The molecule has 10 nitrogen and oxygen atoms in total. The first kappa shape index (κ1) is 37.7. The van der Waals surface area contributed by atoms with Crippen LogP contribution >= 0.6 is 0 Å². The summed E-state index contributed by atoms with van der Waals surface area (Å²) >= 11 is 0. The molecule has 0 aromatic heterocycles. The summed E-state index contributed by atoms with van der Waals surface area (Å²) in [4.78, 5) is 43.3.